The van der Waals surface area contributed by atoms with Crippen LogP contribution in [0.3, 0.4) is 0 Å². The number of hydrazine groups is 1. The molecule has 0 atom stereocenters. The summed E-state index contributed by atoms with van der Waals surface area (Å²) in [4.78, 5) is 15.0. The lowest BCUT2D eigenvalue weighted by atomic mass is 10.1. The largest absolute Gasteiger partial charge is 0.403 e. The van der Waals surface area contributed by atoms with Crippen LogP contribution in [0, 0.1) is 0 Å². The Balaban J connectivity index is 1.80. The molecule has 0 radical (unpaired) electrons. The van der Waals surface area contributed by atoms with E-state index in [1.807, 2.05) is 48.5 Å². The van der Waals surface area contributed by atoms with Crippen LogP contribution in [-0.4, -0.2) is 14.6 Å². The maximum atomic E-state index is 12.1. The second-order valence-corrected chi connectivity index (χ2v) is 5.36. The Labute approximate surface area is 133 Å². The Bertz CT molecular complexity index is 876. The highest BCUT2D eigenvalue weighted by molar-refractivity contribution is 5.75. The van der Waals surface area contributed by atoms with Crippen LogP contribution in [0.4, 0.5) is 0 Å². The molecule has 1 aromatic heterocycles. The molecule has 3 rings (SSSR count). The SMILES string of the molecule is N/C=C\N(N)Cc1ccc(Cn2c(=O)[nH]c3ccccc32)cc1. The molecule has 0 amide bonds. The zero-order chi connectivity index (χ0) is 16.2. The van der Waals surface area contributed by atoms with Crippen molar-refractivity contribution in [3.05, 3.63) is 82.5 Å². The lowest BCUT2D eigenvalue weighted by molar-refractivity contribution is 0.386. The van der Waals surface area contributed by atoms with Crippen LogP contribution in [0.25, 0.3) is 11.0 Å². The number of rotatable bonds is 5. The van der Waals surface area contributed by atoms with E-state index in [-0.39, 0.29) is 5.69 Å². The molecule has 118 valence electrons. The first-order valence-corrected chi connectivity index (χ1v) is 7.32. The van der Waals surface area contributed by atoms with E-state index >= 15 is 0 Å². The first kappa shape index (κ1) is 14.9. The highest BCUT2D eigenvalue weighted by atomic mass is 16.1. The highest BCUT2D eigenvalue weighted by Crippen LogP contribution is 2.12. The average Bonchev–Trinajstić information content (AvgIpc) is 2.85. The topological polar surface area (TPSA) is 93.1 Å². The summed E-state index contributed by atoms with van der Waals surface area (Å²) in [5, 5.41) is 1.51. The van der Waals surface area contributed by atoms with Gasteiger partial charge in [0.25, 0.3) is 0 Å². The van der Waals surface area contributed by atoms with E-state index < -0.39 is 0 Å². The molecular weight excluding hydrogens is 290 g/mol. The summed E-state index contributed by atoms with van der Waals surface area (Å²) in [6.45, 7) is 1.10. The van der Waals surface area contributed by atoms with Crippen molar-refractivity contribution in [2.24, 2.45) is 11.6 Å². The molecule has 1 heterocycles. The van der Waals surface area contributed by atoms with Crippen LogP contribution >= 0.6 is 0 Å². The number of benzene rings is 2. The van der Waals surface area contributed by atoms with Crippen molar-refractivity contribution in [1.29, 1.82) is 0 Å². The Kier molecular flexibility index (Phi) is 4.16. The number of H-pyrrole nitrogens is 1. The van der Waals surface area contributed by atoms with Crippen LogP contribution in [0.1, 0.15) is 11.1 Å². The molecule has 3 aromatic rings. The predicted octanol–water partition coefficient (Wildman–Crippen LogP) is 1.48. The van der Waals surface area contributed by atoms with Crippen LogP contribution in [-0.2, 0) is 13.1 Å². The molecule has 23 heavy (non-hydrogen) atoms. The van der Waals surface area contributed by atoms with Crippen molar-refractivity contribution < 1.29 is 0 Å². The third-order valence-corrected chi connectivity index (χ3v) is 3.69. The molecule has 0 bridgehead atoms. The second-order valence-electron chi connectivity index (χ2n) is 5.36. The maximum absolute atomic E-state index is 12.1. The molecule has 0 fully saturated rings. The third-order valence-electron chi connectivity index (χ3n) is 3.69. The molecule has 0 saturated carbocycles. The van der Waals surface area contributed by atoms with Gasteiger partial charge in [-0.15, -0.1) is 0 Å². The summed E-state index contributed by atoms with van der Waals surface area (Å²) in [7, 11) is 0. The third kappa shape index (κ3) is 3.27. The zero-order valence-corrected chi connectivity index (χ0v) is 12.6. The van der Waals surface area contributed by atoms with Gasteiger partial charge in [-0.05, 0) is 23.3 Å². The Morgan fingerprint density at radius 3 is 2.52 bits per heavy atom. The van der Waals surface area contributed by atoms with Gasteiger partial charge in [-0.3, -0.25) is 4.57 Å². The number of nitrogens with one attached hydrogen (secondary N) is 1. The van der Waals surface area contributed by atoms with Gasteiger partial charge in [0, 0.05) is 12.4 Å². The van der Waals surface area contributed by atoms with Crippen molar-refractivity contribution >= 4 is 11.0 Å². The van der Waals surface area contributed by atoms with E-state index in [2.05, 4.69) is 4.98 Å². The standard InChI is InChI=1S/C17H19N5O/c18-9-10-21(19)11-13-5-7-14(8-6-13)12-22-16-4-2-1-3-15(16)20-17(22)23/h1-10H,11-12,18-19H2,(H,20,23)/b10-9-. The summed E-state index contributed by atoms with van der Waals surface area (Å²) in [5.74, 6) is 5.76. The molecule has 0 unspecified atom stereocenters. The number of hydrogen-bond donors (Lipinski definition) is 3. The van der Waals surface area contributed by atoms with E-state index in [0.29, 0.717) is 13.1 Å². The fraction of sp³-hybridized carbons (Fsp3) is 0.118. The van der Waals surface area contributed by atoms with Crippen LogP contribution in [0.15, 0.2) is 65.7 Å². The molecule has 0 aliphatic heterocycles. The van der Waals surface area contributed by atoms with Crippen molar-refractivity contribution in [2.75, 3.05) is 0 Å². The number of hydrogen-bond acceptors (Lipinski definition) is 4. The van der Waals surface area contributed by atoms with Gasteiger partial charge in [0.1, 0.15) is 0 Å². The molecule has 0 spiro atoms. The highest BCUT2D eigenvalue weighted by Gasteiger charge is 2.06. The molecule has 0 saturated heterocycles. The normalized spacial score (nSPS) is 11.3. The zero-order valence-electron chi connectivity index (χ0n) is 12.6. The predicted molar refractivity (Wildman–Crippen MR) is 91.2 cm³/mol. The summed E-state index contributed by atoms with van der Waals surface area (Å²) < 4.78 is 1.73. The molecule has 0 aliphatic rings. The van der Waals surface area contributed by atoms with Gasteiger partial charge in [-0.2, -0.15) is 0 Å². The van der Waals surface area contributed by atoms with E-state index in [1.54, 1.807) is 10.8 Å². The lowest BCUT2D eigenvalue weighted by Gasteiger charge is -2.13. The Morgan fingerprint density at radius 1 is 1.09 bits per heavy atom. The summed E-state index contributed by atoms with van der Waals surface area (Å²) in [6, 6.07) is 15.7. The summed E-state index contributed by atoms with van der Waals surface area (Å²) >= 11 is 0. The second kappa shape index (κ2) is 6.41. The van der Waals surface area contributed by atoms with Crippen molar-refractivity contribution in [3.63, 3.8) is 0 Å². The lowest BCUT2D eigenvalue weighted by Crippen LogP contribution is -2.24. The number of nitrogens with zero attached hydrogens (tertiary/aromatic N) is 2. The van der Waals surface area contributed by atoms with E-state index in [4.69, 9.17) is 11.6 Å². The minimum absolute atomic E-state index is 0.100. The van der Waals surface area contributed by atoms with Crippen LogP contribution in [0.2, 0.25) is 0 Å². The number of aromatic nitrogens is 2. The van der Waals surface area contributed by atoms with Crippen molar-refractivity contribution in [3.8, 4) is 0 Å². The number of fused-ring (bicyclic) bond motifs is 1. The molecule has 6 heteroatoms. The van der Waals surface area contributed by atoms with Gasteiger partial charge >= 0.3 is 5.69 Å². The van der Waals surface area contributed by atoms with Gasteiger partial charge in [0.2, 0.25) is 0 Å². The van der Waals surface area contributed by atoms with E-state index in [1.165, 1.54) is 11.2 Å². The summed E-state index contributed by atoms with van der Waals surface area (Å²) in [6.07, 6.45) is 3.01. The van der Waals surface area contributed by atoms with E-state index in [0.717, 1.165) is 22.2 Å². The number of nitrogens with two attached hydrogens (primary N) is 2. The molecular formula is C17H19N5O. The Morgan fingerprint density at radius 2 is 1.78 bits per heavy atom. The maximum Gasteiger partial charge on any atom is 0.326 e. The number of imidazole rings is 1. The fourth-order valence-corrected chi connectivity index (χ4v) is 2.57. The van der Waals surface area contributed by atoms with E-state index in [9.17, 15) is 4.79 Å². The minimum Gasteiger partial charge on any atom is -0.403 e. The summed E-state index contributed by atoms with van der Waals surface area (Å²) in [5.41, 5.74) is 9.08. The number of aromatic amines is 1. The molecule has 2 aromatic carbocycles. The van der Waals surface area contributed by atoms with Gasteiger partial charge in [-0.1, -0.05) is 36.4 Å². The molecule has 0 aliphatic carbocycles. The first-order valence-electron chi connectivity index (χ1n) is 7.32. The van der Waals surface area contributed by atoms with Gasteiger partial charge in [0.05, 0.1) is 24.1 Å². The smallest absolute Gasteiger partial charge is 0.326 e. The fourth-order valence-electron chi connectivity index (χ4n) is 2.57. The first-order chi connectivity index (χ1) is 11.2. The van der Waals surface area contributed by atoms with Crippen molar-refractivity contribution in [1.82, 2.24) is 14.6 Å². The van der Waals surface area contributed by atoms with Gasteiger partial charge < -0.3 is 15.7 Å². The van der Waals surface area contributed by atoms with Crippen molar-refractivity contribution in [2.45, 2.75) is 13.1 Å². The van der Waals surface area contributed by atoms with Gasteiger partial charge in [-0.25, -0.2) is 10.6 Å². The van der Waals surface area contributed by atoms with Gasteiger partial charge in [0.15, 0.2) is 0 Å². The monoisotopic (exact) mass is 309 g/mol. The molecule has 6 nitrogen and oxygen atoms in total. The Hall–Kier alpha value is -2.99. The number of para-hydroxylation sites is 2. The van der Waals surface area contributed by atoms with Crippen LogP contribution < -0.4 is 17.3 Å². The quantitative estimate of drug-likeness (QED) is 0.491. The van der Waals surface area contributed by atoms with Crippen LogP contribution in [0.5, 0.6) is 0 Å². The molecule has 5 N–H and O–H groups in total. The average molecular weight is 309 g/mol. The minimum atomic E-state index is -0.100.